The maximum Gasteiger partial charge on any atom is 0.417 e. The van der Waals surface area contributed by atoms with Gasteiger partial charge >= 0.3 is 6.09 Å². The lowest BCUT2D eigenvalue weighted by molar-refractivity contribution is -0.125. The van der Waals surface area contributed by atoms with Crippen LogP contribution in [0.3, 0.4) is 0 Å². The van der Waals surface area contributed by atoms with Gasteiger partial charge in [-0.3, -0.25) is 4.79 Å². The van der Waals surface area contributed by atoms with Crippen molar-refractivity contribution in [2.45, 2.75) is 45.3 Å². The second-order valence-corrected chi connectivity index (χ2v) is 8.87. The minimum atomic E-state index is -0.648. The monoisotopic (exact) mass is 409 g/mol. The minimum absolute atomic E-state index is 0.238. The molecule has 0 radical (unpaired) electrons. The molecule has 0 bridgehead atoms. The molecule has 29 heavy (non-hydrogen) atoms. The van der Waals surface area contributed by atoms with Crippen molar-refractivity contribution in [3.05, 3.63) is 71.1 Å². The standard InChI is InChI=1S/C24H27NO3S/c1-24(2,3)28-23(27)25-21(15-20(16-29-4)22(25)26)14-17-10-12-19(13-11-17)18-8-6-5-7-9-18/h5-13,16,21H,14-15H2,1-4H3/b20-16+. The smallest absolute Gasteiger partial charge is 0.417 e. The van der Waals surface area contributed by atoms with Gasteiger partial charge in [-0.05, 0) is 62.0 Å². The molecule has 5 heteroatoms. The van der Waals surface area contributed by atoms with Gasteiger partial charge in [-0.1, -0.05) is 54.6 Å². The molecule has 2 amide bonds. The zero-order valence-electron chi connectivity index (χ0n) is 17.3. The molecule has 1 fully saturated rings. The first-order valence-corrected chi connectivity index (χ1v) is 11.0. The molecule has 0 aromatic heterocycles. The highest BCUT2D eigenvalue weighted by Gasteiger charge is 2.41. The predicted molar refractivity (Wildman–Crippen MR) is 119 cm³/mol. The van der Waals surface area contributed by atoms with Crippen LogP contribution in [-0.4, -0.2) is 34.8 Å². The Kier molecular flexibility index (Phi) is 6.48. The van der Waals surface area contributed by atoms with Crippen LogP contribution in [0.15, 0.2) is 65.6 Å². The number of amides is 2. The fraction of sp³-hybridized carbons (Fsp3) is 0.333. The van der Waals surface area contributed by atoms with Crippen LogP contribution >= 0.6 is 11.8 Å². The highest BCUT2D eigenvalue weighted by molar-refractivity contribution is 8.01. The lowest BCUT2D eigenvalue weighted by Crippen LogP contribution is -2.43. The average Bonchev–Trinajstić information content (AvgIpc) is 2.97. The van der Waals surface area contributed by atoms with Crippen molar-refractivity contribution in [3.63, 3.8) is 0 Å². The predicted octanol–water partition coefficient (Wildman–Crippen LogP) is 5.68. The zero-order valence-corrected chi connectivity index (χ0v) is 18.2. The number of carbonyl (C=O) groups excluding carboxylic acids is 2. The molecule has 2 aromatic rings. The summed E-state index contributed by atoms with van der Waals surface area (Å²) in [6.07, 6.45) is 2.48. The average molecular weight is 410 g/mol. The van der Waals surface area contributed by atoms with E-state index in [1.807, 2.05) is 29.9 Å². The minimum Gasteiger partial charge on any atom is -0.443 e. The van der Waals surface area contributed by atoms with E-state index in [1.54, 1.807) is 20.8 Å². The Balaban J connectivity index is 1.80. The Labute approximate surface area is 176 Å². The van der Waals surface area contributed by atoms with Gasteiger partial charge in [0.15, 0.2) is 0 Å². The van der Waals surface area contributed by atoms with E-state index in [2.05, 4.69) is 36.4 Å². The van der Waals surface area contributed by atoms with Crippen molar-refractivity contribution in [3.8, 4) is 11.1 Å². The zero-order chi connectivity index (χ0) is 21.0. The van der Waals surface area contributed by atoms with Crippen LogP contribution in [0, 0.1) is 0 Å². The van der Waals surface area contributed by atoms with Crippen LogP contribution in [-0.2, 0) is 16.0 Å². The van der Waals surface area contributed by atoms with Crippen LogP contribution in [0.5, 0.6) is 0 Å². The molecule has 3 rings (SSSR count). The second kappa shape index (κ2) is 8.87. The number of hydrogen-bond acceptors (Lipinski definition) is 4. The van der Waals surface area contributed by atoms with E-state index in [0.717, 1.165) is 16.7 Å². The number of likely N-dealkylation sites (tertiary alicyclic amines) is 1. The molecule has 0 aliphatic carbocycles. The van der Waals surface area contributed by atoms with Crippen LogP contribution in [0.25, 0.3) is 11.1 Å². The summed E-state index contributed by atoms with van der Waals surface area (Å²) in [5.74, 6) is -0.250. The molecule has 4 nitrogen and oxygen atoms in total. The van der Waals surface area contributed by atoms with Gasteiger partial charge in [0, 0.05) is 5.57 Å². The Morgan fingerprint density at radius 2 is 1.72 bits per heavy atom. The Hall–Kier alpha value is -2.53. The van der Waals surface area contributed by atoms with Gasteiger partial charge in [0.1, 0.15) is 5.60 Å². The number of nitrogens with zero attached hydrogens (tertiary/aromatic N) is 1. The first-order valence-electron chi connectivity index (χ1n) is 9.71. The third-order valence-electron chi connectivity index (χ3n) is 4.70. The molecule has 1 heterocycles. The number of imide groups is 1. The van der Waals surface area contributed by atoms with E-state index in [-0.39, 0.29) is 11.9 Å². The van der Waals surface area contributed by atoms with E-state index in [0.29, 0.717) is 18.4 Å². The molecule has 0 saturated carbocycles. The van der Waals surface area contributed by atoms with Crippen molar-refractivity contribution in [2.75, 3.05) is 6.26 Å². The maximum atomic E-state index is 12.8. The van der Waals surface area contributed by atoms with Crippen LogP contribution in [0.1, 0.15) is 32.8 Å². The largest absolute Gasteiger partial charge is 0.443 e. The summed E-state index contributed by atoms with van der Waals surface area (Å²) in [4.78, 5) is 26.8. The molecule has 152 valence electrons. The third kappa shape index (κ3) is 5.30. The molecule has 1 aliphatic rings. The van der Waals surface area contributed by atoms with E-state index >= 15 is 0 Å². The van der Waals surface area contributed by atoms with E-state index in [1.165, 1.54) is 16.7 Å². The molecule has 2 aromatic carbocycles. The molecule has 1 saturated heterocycles. The normalized spacial score (nSPS) is 18.3. The van der Waals surface area contributed by atoms with Gasteiger partial charge in [-0.25, -0.2) is 9.69 Å². The molecule has 1 aliphatic heterocycles. The summed E-state index contributed by atoms with van der Waals surface area (Å²) in [5.41, 5.74) is 3.40. The third-order valence-corrected chi connectivity index (χ3v) is 5.22. The van der Waals surface area contributed by atoms with Crippen molar-refractivity contribution < 1.29 is 14.3 Å². The van der Waals surface area contributed by atoms with Gasteiger partial charge in [-0.15, -0.1) is 11.8 Å². The van der Waals surface area contributed by atoms with Crippen molar-refractivity contribution in [2.24, 2.45) is 0 Å². The molecule has 1 atom stereocenters. The fourth-order valence-corrected chi connectivity index (χ4v) is 3.92. The Morgan fingerprint density at radius 1 is 1.10 bits per heavy atom. The van der Waals surface area contributed by atoms with Crippen molar-refractivity contribution in [1.82, 2.24) is 4.90 Å². The molecular formula is C24H27NO3S. The summed E-state index contributed by atoms with van der Waals surface area (Å²) in [6, 6.07) is 18.3. The quantitative estimate of drug-likeness (QED) is 0.610. The topological polar surface area (TPSA) is 46.6 Å². The van der Waals surface area contributed by atoms with Gasteiger partial charge in [0.2, 0.25) is 0 Å². The summed E-state index contributed by atoms with van der Waals surface area (Å²) < 4.78 is 5.50. The van der Waals surface area contributed by atoms with Gasteiger partial charge in [0.25, 0.3) is 5.91 Å². The lowest BCUT2D eigenvalue weighted by Gasteiger charge is -2.27. The van der Waals surface area contributed by atoms with E-state index in [4.69, 9.17) is 4.74 Å². The Bertz CT molecular complexity index is 898. The first kappa shape index (κ1) is 21.2. The maximum absolute atomic E-state index is 12.8. The molecule has 0 spiro atoms. The summed E-state index contributed by atoms with van der Waals surface area (Å²) in [5, 5.41) is 1.83. The van der Waals surface area contributed by atoms with E-state index in [9.17, 15) is 9.59 Å². The van der Waals surface area contributed by atoms with Crippen molar-refractivity contribution in [1.29, 1.82) is 0 Å². The molecular weight excluding hydrogens is 382 g/mol. The van der Waals surface area contributed by atoms with E-state index < -0.39 is 11.7 Å². The number of benzene rings is 2. The molecule has 1 unspecified atom stereocenters. The lowest BCUT2D eigenvalue weighted by atomic mass is 9.99. The summed E-state index contributed by atoms with van der Waals surface area (Å²) in [6.45, 7) is 5.42. The SMILES string of the molecule is CS/C=C1\CC(Cc2ccc(-c3ccccc3)cc2)N(C(=O)OC(C)(C)C)C1=O. The summed E-state index contributed by atoms with van der Waals surface area (Å²) >= 11 is 1.48. The second-order valence-electron chi connectivity index (χ2n) is 8.16. The number of rotatable bonds is 4. The fourth-order valence-electron chi connectivity index (χ4n) is 3.44. The van der Waals surface area contributed by atoms with Crippen LogP contribution in [0.4, 0.5) is 4.79 Å². The van der Waals surface area contributed by atoms with Crippen molar-refractivity contribution >= 4 is 23.8 Å². The Morgan fingerprint density at radius 3 is 2.31 bits per heavy atom. The highest BCUT2D eigenvalue weighted by atomic mass is 32.2. The van der Waals surface area contributed by atoms with Gasteiger partial charge < -0.3 is 4.74 Å². The number of ether oxygens (including phenoxy) is 1. The van der Waals surface area contributed by atoms with Gasteiger partial charge in [0.05, 0.1) is 6.04 Å². The molecule has 0 N–H and O–H groups in total. The number of thioether (sulfide) groups is 1. The number of hydrogen-bond donors (Lipinski definition) is 0. The van der Waals surface area contributed by atoms with Crippen LogP contribution in [0.2, 0.25) is 0 Å². The summed E-state index contributed by atoms with van der Waals surface area (Å²) in [7, 11) is 0. The van der Waals surface area contributed by atoms with Gasteiger partial charge in [-0.2, -0.15) is 0 Å². The number of carbonyl (C=O) groups is 2. The van der Waals surface area contributed by atoms with Crippen LogP contribution < -0.4 is 0 Å². The highest BCUT2D eigenvalue weighted by Crippen LogP contribution is 2.30. The first-order chi connectivity index (χ1) is 13.8.